The summed E-state index contributed by atoms with van der Waals surface area (Å²) in [6, 6.07) is 0. The van der Waals surface area contributed by atoms with Crippen molar-refractivity contribution < 1.29 is 9.90 Å². The number of likely N-dealkylation sites (N-methyl/N-ethyl adjacent to an activating group) is 1. The molecule has 0 bridgehead atoms. The summed E-state index contributed by atoms with van der Waals surface area (Å²) in [6.45, 7) is 2.10. The van der Waals surface area contributed by atoms with Gasteiger partial charge in [-0.05, 0) is 7.05 Å². The predicted octanol–water partition coefficient (Wildman–Crippen LogP) is 0.671. The Morgan fingerprint density at radius 2 is 2.33 bits per heavy atom. The van der Waals surface area contributed by atoms with Gasteiger partial charge in [0.1, 0.15) is 6.54 Å². The molecule has 0 aromatic rings. The zero-order valence-corrected chi connectivity index (χ0v) is 6.44. The SMILES string of the molecule is CCSN(C)CC(=O)O. The monoisotopic (exact) mass is 149 g/mol. The molecule has 0 aromatic heterocycles. The van der Waals surface area contributed by atoms with Crippen molar-refractivity contribution in [3.8, 4) is 0 Å². The second kappa shape index (κ2) is 4.64. The van der Waals surface area contributed by atoms with Crippen molar-refractivity contribution in [1.82, 2.24) is 4.31 Å². The minimum absolute atomic E-state index is 0.110. The normalized spacial score (nSPS) is 10.1. The van der Waals surface area contributed by atoms with Crippen LogP contribution in [-0.4, -0.2) is 34.7 Å². The van der Waals surface area contributed by atoms with E-state index in [1.807, 2.05) is 6.92 Å². The molecule has 0 saturated heterocycles. The first-order valence-electron chi connectivity index (χ1n) is 2.72. The first-order valence-corrected chi connectivity index (χ1v) is 3.67. The van der Waals surface area contributed by atoms with E-state index in [0.29, 0.717) is 0 Å². The van der Waals surface area contributed by atoms with E-state index in [0.717, 1.165) is 5.75 Å². The van der Waals surface area contributed by atoms with Gasteiger partial charge >= 0.3 is 5.97 Å². The Hall–Kier alpha value is -0.220. The van der Waals surface area contributed by atoms with Crippen molar-refractivity contribution in [3.05, 3.63) is 0 Å². The highest BCUT2D eigenvalue weighted by Crippen LogP contribution is 2.03. The summed E-state index contributed by atoms with van der Waals surface area (Å²) < 4.78 is 1.70. The van der Waals surface area contributed by atoms with Crippen LogP contribution in [0.1, 0.15) is 6.92 Å². The summed E-state index contributed by atoms with van der Waals surface area (Å²) in [5.74, 6) is 0.141. The van der Waals surface area contributed by atoms with Gasteiger partial charge in [-0.2, -0.15) is 0 Å². The molecule has 0 radical (unpaired) electrons. The molecule has 4 heteroatoms. The second-order valence-electron chi connectivity index (χ2n) is 1.60. The summed E-state index contributed by atoms with van der Waals surface area (Å²) in [5.41, 5.74) is 0. The van der Waals surface area contributed by atoms with E-state index in [1.165, 1.54) is 11.9 Å². The Bertz CT molecular complexity index is 97.0. The molecule has 0 atom stereocenters. The van der Waals surface area contributed by atoms with Crippen molar-refractivity contribution in [3.63, 3.8) is 0 Å². The fourth-order valence-electron chi connectivity index (χ4n) is 0.457. The standard InChI is InChI=1S/C5H11NO2S/c1-3-9-6(2)4-5(7)8/h3-4H2,1-2H3,(H,7,8). The maximum atomic E-state index is 10.0. The second-order valence-corrected chi connectivity index (χ2v) is 3.06. The molecule has 0 aliphatic carbocycles. The minimum atomic E-state index is -0.779. The van der Waals surface area contributed by atoms with Crippen LogP contribution in [0.5, 0.6) is 0 Å². The third-order valence-electron chi connectivity index (χ3n) is 0.707. The van der Waals surface area contributed by atoms with Crippen LogP contribution < -0.4 is 0 Å². The van der Waals surface area contributed by atoms with Crippen molar-refractivity contribution >= 4 is 17.9 Å². The Labute approximate surface area is 59.2 Å². The predicted molar refractivity (Wildman–Crippen MR) is 38.4 cm³/mol. The molecule has 0 saturated carbocycles. The third-order valence-corrected chi connectivity index (χ3v) is 1.54. The van der Waals surface area contributed by atoms with Crippen molar-refractivity contribution in [2.75, 3.05) is 19.3 Å². The molecular weight excluding hydrogens is 138 g/mol. The van der Waals surface area contributed by atoms with Crippen molar-refractivity contribution in [2.24, 2.45) is 0 Å². The average Bonchev–Trinajstić information content (AvgIpc) is 1.63. The van der Waals surface area contributed by atoms with E-state index in [2.05, 4.69) is 0 Å². The van der Waals surface area contributed by atoms with Gasteiger partial charge in [0.2, 0.25) is 0 Å². The first kappa shape index (κ1) is 8.78. The van der Waals surface area contributed by atoms with E-state index >= 15 is 0 Å². The highest BCUT2D eigenvalue weighted by Gasteiger charge is 2.01. The van der Waals surface area contributed by atoms with Gasteiger partial charge in [0.25, 0.3) is 0 Å². The Kier molecular flexibility index (Phi) is 4.53. The highest BCUT2D eigenvalue weighted by molar-refractivity contribution is 7.96. The van der Waals surface area contributed by atoms with E-state index in [9.17, 15) is 4.79 Å². The number of carboxylic acid groups (broad SMARTS) is 1. The van der Waals surface area contributed by atoms with Gasteiger partial charge < -0.3 is 5.11 Å². The van der Waals surface area contributed by atoms with Gasteiger partial charge in [-0.15, -0.1) is 0 Å². The molecular formula is C5H11NO2S. The lowest BCUT2D eigenvalue weighted by molar-refractivity contribution is -0.136. The lowest BCUT2D eigenvalue weighted by atomic mass is 10.7. The van der Waals surface area contributed by atoms with Crippen LogP contribution in [0.2, 0.25) is 0 Å². The number of nitrogens with zero attached hydrogens (tertiary/aromatic N) is 1. The quantitative estimate of drug-likeness (QED) is 0.596. The lowest BCUT2D eigenvalue weighted by Crippen LogP contribution is -2.19. The van der Waals surface area contributed by atoms with Crippen LogP contribution in [0.25, 0.3) is 0 Å². The summed E-state index contributed by atoms with van der Waals surface area (Å²) in [6.07, 6.45) is 0. The maximum absolute atomic E-state index is 10.0. The van der Waals surface area contributed by atoms with Crippen molar-refractivity contribution in [2.45, 2.75) is 6.92 Å². The zero-order valence-electron chi connectivity index (χ0n) is 5.63. The number of carbonyl (C=O) groups is 1. The van der Waals surface area contributed by atoms with Crippen LogP contribution >= 0.6 is 11.9 Å². The molecule has 0 amide bonds. The van der Waals surface area contributed by atoms with E-state index in [4.69, 9.17) is 5.11 Å². The number of rotatable bonds is 4. The molecule has 0 heterocycles. The molecule has 0 aromatic carbocycles. The first-order chi connectivity index (χ1) is 4.16. The van der Waals surface area contributed by atoms with E-state index < -0.39 is 5.97 Å². The summed E-state index contributed by atoms with van der Waals surface area (Å²) in [5, 5.41) is 8.26. The van der Waals surface area contributed by atoms with E-state index in [-0.39, 0.29) is 6.54 Å². The van der Waals surface area contributed by atoms with Crippen LogP contribution in [0.15, 0.2) is 0 Å². The maximum Gasteiger partial charge on any atom is 0.318 e. The Morgan fingerprint density at radius 3 is 2.67 bits per heavy atom. The number of hydrogen-bond donors (Lipinski definition) is 1. The molecule has 3 nitrogen and oxygen atoms in total. The summed E-state index contributed by atoms with van der Waals surface area (Å²) in [4.78, 5) is 10.0. The third kappa shape index (κ3) is 5.65. The number of aliphatic carboxylic acids is 1. The van der Waals surface area contributed by atoms with Gasteiger partial charge in [0, 0.05) is 5.75 Å². The van der Waals surface area contributed by atoms with Crippen molar-refractivity contribution in [1.29, 1.82) is 0 Å². The fourth-order valence-corrected chi connectivity index (χ4v) is 1.10. The smallest absolute Gasteiger partial charge is 0.318 e. The van der Waals surface area contributed by atoms with Gasteiger partial charge in [-0.25, -0.2) is 4.31 Å². The molecule has 1 N–H and O–H groups in total. The van der Waals surface area contributed by atoms with Gasteiger partial charge in [-0.1, -0.05) is 18.9 Å². The number of hydrogen-bond acceptors (Lipinski definition) is 3. The molecule has 0 unspecified atom stereocenters. The van der Waals surface area contributed by atoms with Gasteiger partial charge in [0.05, 0.1) is 0 Å². The highest BCUT2D eigenvalue weighted by atomic mass is 32.2. The molecule has 0 aliphatic rings. The molecule has 9 heavy (non-hydrogen) atoms. The Balaban J connectivity index is 3.26. The van der Waals surface area contributed by atoms with E-state index in [1.54, 1.807) is 11.4 Å². The molecule has 0 aliphatic heterocycles. The molecule has 0 spiro atoms. The van der Waals surface area contributed by atoms with Gasteiger partial charge in [0.15, 0.2) is 0 Å². The van der Waals surface area contributed by atoms with Crippen LogP contribution in [0, 0.1) is 0 Å². The molecule has 0 fully saturated rings. The average molecular weight is 149 g/mol. The fraction of sp³-hybridized carbons (Fsp3) is 0.800. The van der Waals surface area contributed by atoms with Crippen LogP contribution in [0.4, 0.5) is 0 Å². The summed E-state index contributed by atoms with van der Waals surface area (Å²) >= 11 is 1.51. The largest absolute Gasteiger partial charge is 0.480 e. The number of carboxylic acids is 1. The lowest BCUT2D eigenvalue weighted by Gasteiger charge is -2.09. The topological polar surface area (TPSA) is 40.5 Å². The van der Waals surface area contributed by atoms with Crippen LogP contribution in [0.3, 0.4) is 0 Å². The molecule has 0 rings (SSSR count). The Morgan fingerprint density at radius 1 is 1.78 bits per heavy atom. The van der Waals surface area contributed by atoms with Gasteiger partial charge in [-0.3, -0.25) is 4.79 Å². The van der Waals surface area contributed by atoms with Crippen LogP contribution in [-0.2, 0) is 4.79 Å². The minimum Gasteiger partial charge on any atom is -0.480 e. The summed E-state index contributed by atoms with van der Waals surface area (Å²) in [7, 11) is 1.77. The zero-order chi connectivity index (χ0) is 7.28. The molecule has 54 valence electrons.